The SMILES string of the molecule is O=C(O)/C=C/c1ccc(-c2c(F)cccc2F)s1. The highest BCUT2D eigenvalue weighted by molar-refractivity contribution is 7.16. The van der Waals surface area contributed by atoms with Crippen LogP contribution in [0, 0.1) is 11.6 Å². The molecular formula is C13H8F2O2S. The van der Waals surface area contributed by atoms with Crippen LogP contribution in [0.15, 0.2) is 36.4 Å². The van der Waals surface area contributed by atoms with E-state index < -0.39 is 17.6 Å². The van der Waals surface area contributed by atoms with Gasteiger partial charge in [-0.3, -0.25) is 0 Å². The van der Waals surface area contributed by atoms with E-state index in [-0.39, 0.29) is 5.56 Å². The first kappa shape index (κ1) is 12.4. The summed E-state index contributed by atoms with van der Waals surface area (Å²) in [6, 6.07) is 6.85. The van der Waals surface area contributed by atoms with E-state index in [1.807, 2.05) is 0 Å². The maximum Gasteiger partial charge on any atom is 0.328 e. The van der Waals surface area contributed by atoms with Gasteiger partial charge < -0.3 is 5.11 Å². The van der Waals surface area contributed by atoms with Crippen LogP contribution < -0.4 is 0 Å². The average molecular weight is 266 g/mol. The van der Waals surface area contributed by atoms with Crippen molar-refractivity contribution in [2.75, 3.05) is 0 Å². The molecule has 2 nitrogen and oxygen atoms in total. The predicted molar refractivity (Wildman–Crippen MR) is 66.3 cm³/mol. The summed E-state index contributed by atoms with van der Waals surface area (Å²) < 4.78 is 27.0. The topological polar surface area (TPSA) is 37.3 Å². The van der Waals surface area contributed by atoms with Crippen molar-refractivity contribution in [3.8, 4) is 10.4 Å². The first-order chi connectivity index (χ1) is 8.58. The van der Waals surface area contributed by atoms with Gasteiger partial charge in [-0.1, -0.05) is 6.07 Å². The van der Waals surface area contributed by atoms with Gasteiger partial charge in [0, 0.05) is 15.8 Å². The molecule has 1 aromatic carbocycles. The summed E-state index contributed by atoms with van der Waals surface area (Å²) in [5.74, 6) is -2.33. The smallest absolute Gasteiger partial charge is 0.328 e. The van der Waals surface area contributed by atoms with Crippen LogP contribution in [0.25, 0.3) is 16.5 Å². The van der Waals surface area contributed by atoms with E-state index in [4.69, 9.17) is 5.11 Å². The Labute approximate surface area is 106 Å². The number of thiophene rings is 1. The van der Waals surface area contributed by atoms with E-state index in [9.17, 15) is 13.6 Å². The minimum Gasteiger partial charge on any atom is -0.478 e. The third-order valence-corrected chi connectivity index (χ3v) is 3.29. The molecule has 5 heteroatoms. The van der Waals surface area contributed by atoms with E-state index in [1.54, 1.807) is 12.1 Å². The molecule has 1 heterocycles. The van der Waals surface area contributed by atoms with Crippen LogP contribution in [0.2, 0.25) is 0 Å². The standard InChI is InChI=1S/C13H8F2O2S/c14-9-2-1-3-10(15)13(9)11-6-4-8(18-11)5-7-12(16)17/h1-7H,(H,16,17)/b7-5+. The second-order valence-electron chi connectivity index (χ2n) is 3.47. The van der Waals surface area contributed by atoms with Crippen LogP contribution in [0.5, 0.6) is 0 Å². The largest absolute Gasteiger partial charge is 0.478 e. The second-order valence-corrected chi connectivity index (χ2v) is 4.59. The number of rotatable bonds is 3. The van der Waals surface area contributed by atoms with Crippen LogP contribution in [-0.4, -0.2) is 11.1 Å². The molecule has 0 amide bonds. The van der Waals surface area contributed by atoms with Gasteiger partial charge in [-0.05, 0) is 30.3 Å². The fourth-order valence-electron chi connectivity index (χ4n) is 1.46. The lowest BCUT2D eigenvalue weighted by molar-refractivity contribution is -0.131. The Kier molecular flexibility index (Phi) is 3.53. The van der Waals surface area contributed by atoms with Gasteiger partial charge in [0.25, 0.3) is 0 Å². The second kappa shape index (κ2) is 5.10. The van der Waals surface area contributed by atoms with E-state index in [0.717, 1.165) is 17.4 Å². The van der Waals surface area contributed by atoms with Crippen molar-refractivity contribution >= 4 is 23.4 Å². The summed E-state index contributed by atoms with van der Waals surface area (Å²) in [5, 5.41) is 8.48. The van der Waals surface area contributed by atoms with Crippen molar-refractivity contribution < 1.29 is 18.7 Å². The molecule has 0 aliphatic carbocycles. The van der Waals surface area contributed by atoms with Gasteiger partial charge in [0.05, 0.1) is 5.56 Å². The van der Waals surface area contributed by atoms with Crippen LogP contribution >= 0.6 is 11.3 Å². The van der Waals surface area contributed by atoms with Crippen molar-refractivity contribution in [3.05, 3.63) is 52.9 Å². The van der Waals surface area contributed by atoms with Crippen LogP contribution in [0.3, 0.4) is 0 Å². The molecule has 0 aliphatic heterocycles. The number of carbonyl (C=O) groups is 1. The number of aliphatic carboxylic acids is 1. The molecule has 0 radical (unpaired) electrons. The molecule has 0 bridgehead atoms. The molecule has 0 atom stereocenters. The van der Waals surface area contributed by atoms with Gasteiger partial charge in [0.2, 0.25) is 0 Å². The van der Waals surface area contributed by atoms with Crippen molar-refractivity contribution in [2.45, 2.75) is 0 Å². The quantitative estimate of drug-likeness (QED) is 0.858. The Hall–Kier alpha value is -2.01. The fourth-order valence-corrected chi connectivity index (χ4v) is 2.42. The van der Waals surface area contributed by atoms with Crippen LogP contribution in [0.4, 0.5) is 8.78 Å². The first-order valence-electron chi connectivity index (χ1n) is 5.03. The van der Waals surface area contributed by atoms with Gasteiger partial charge >= 0.3 is 5.97 Å². The Morgan fingerprint density at radius 2 is 1.83 bits per heavy atom. The molecule has 2 rings (SSSR count). The normalized spacial score (nSPS) is 11.0. The molecule has 0 unspecified atom stereocenters. The Morgan fingerprint density at radius 3 is 2.44 bits per heavy atom. The summed E-state index contributed by atoms with van der Waals surface area (Å²) in [5.41, 5.74) is -0.0857. The maximum atomic E-state index is 13.5. The molecule has 0 aliphatic rings. The first-order valence-corrected chi connectivity index (χ1v) is 5.85. The van der Waals surface area contributed by atoms with Crippen molar-refractivity contribution in [2.24, 2.45) is 0 Å². The number of benzene rings is 1. The summed E-state index contributed by atoms with van der Waals surface area (Å²) in [6.07, 6.45) is 2.36. The Bertz CT molecular complexity index is 597. The average Bonchev–Trinajstić information content (AvgIpc) is 2.75. The molecule has 0 fully saturated rings. The van der Waals surface area contributed by atoms with Gasteiger partial charge in [-0.15, -0.1) is 11.3 Å². The van der Waals surface area contributed by atoms with Crippen molar-refractivity contribution in [1.29, 1.82) is 0 Å². The molecular weight excluding hydrogens is 258 g/mol. The molecule has 0 saturated heterocycles. The number of hydrogen-bond acceptors (Lipinski definition) is 2. The highest BCUT2D eigenvalue weighted by Crippen LogP contribution is 2.32. The van der Waals surface area contributed by atoms with E-state index >= 15 is 0 Å². The third-order valence-electron chi connectivity index (χ3n) is 2.23. The number of halogens is 2. The lowest BCUT2D eigenvalue weighted by Crippen LogP contribution is -1.86. The lowest BCUT2D eigenvalue weighted by Gasteiger charge is -2.00. The highest BCUT2D eigenvalue weighted by Gasteiger charge is 2.12. The van der Waals surface area contributed by atoms with Crippen LogP contribution in [0.1, 0.15) is 4.88 Å². The Balaban J connectivity index is 2.38. The van der Waals surface area contributed by atoms with Gasteiger partial charge in [0.15, 0.2) is 0 Å². The molecule has 0 saturated carbocycles. The zero-order valence-corrected chi connectivity index (χ0v) is 9.88. The van der Waals surface area contributed by atoms with Gasteiger partial charge in [-0.2, -0.15) is 0 Å². The van der Waals surface area contributed by atoms with E-state index in [2.05, 4.69) is 0 Å². The molecule has 1 aromatic heterocycles. The fraction of sp³-hybridized carbons (Fsp3) is 0. The zero-order valence-electron chi connectivity index (χ0n) is 9.06. The number of hydrogen-bond donors (Lipinski definition) is 1. The minimum absolute atomic E-state index is 0.0857. The van der Waals surface area contributed by atoms with Crippen molar-refractivity contribution in [1.82, 2.24) is 0 Å². The summed E-state index contributed by atoms with van der Waals surface area (Å²) in [4.78, 5) is 11.4. The highest BCUT2D eigenvalue weighted by atomic mass is 32.1. The van der Waals surface area contributed by atoms with Crippen LogP contribution in [-0.2, 0) is 4.79 Å². The lowest BCUT2D eigenvalue weighted by atomic mass is 10.1. The monoisotopic (exact) mass is 266 g/mol. The van der Waals surface area contributed by atoms with E-state index in [1.165, 1.54) is 24.3 Å². The van der Waals surface area contributed by atoms with Gasteiger partial charge in [-0.25, -0.2) is 13.6 Å². The molecule has 2 aromatic rings. The van der Waals surface area contributed by atoms with Crippen molar-refractivity contribution in [3.63, 3.8) is 0 Å². The summed E-state index contributed by atoms with van der Waals surface area (Å²) in [6.45, 7) is 0. The number of carboxylic acids is 1. The Morgan fingerprint density at radius 1 is 1.17 bits per heavy atom. The minimum atomic E-state index is -1.07. The third kappa shape index (κ3) is 2.62. The molecule has 18 heavy (non-hydrogen) atoms. The van der Waals surface area contributed by atoms with Gasteiger partial charge in [0.1, 0.15) is 11.6 Å². The molecule has 92 valence electrons. The predicted octanol–water partition coefficient (Wildman–Crippen LogP) is 3.79. The maximum absolute atomic E-state index is 13.5. The summed E-state index contributed by atoms with van der Waals surface area (Å²) >= 11 is 1.13. The molecule has 0 spiro atoms. The summed E-state index contributed by atoms with van der Waals surface area (Å²) in [7, 11) is 0. The van der Waals surface area contributed by atoms with E-state index in [0.29, 0.717) is 9.75 Å². The zero-order chi connectivity index (χ0) is 13.1. The molecule has 1 N–H and O–H groups in total. The number of carboxylic acid groups (broad SMARTS) is 1.